The standard InChI is InChI=1S/C31H35ClFNO5/c1-5-7-18-38-27-15-13-24(32)20-25(27)29(35)34-17-16-21-8-10-22(11-9-21)23-12-14-28(26(33)19-23)39-31(3,4)30(36)37-6-2/h8-15,19-20H,5-7,16-18H2,1-4H3,(H,34,35). The minimum Gasteiger partial charge on any atom is -0.493 e. The van der Waals surface area contributed by atoms with Crippen LogP contribution in [0.4, 0.5) is 4.39 Å². The summed E-state index contributed by atoms with van der Waals surface area (Å²) in [6.07, 6.45) is 2.51. The summed E-state index contributed by atoms with van der Waals surface area (Å²) in [5.41, 5.74) is 1.61. The van der Waals surface area contributed by atoms with Gasteiger partial charge in [-0.1, -0.05) is 55.3 Å². The third-order valence-corrected chi connectivity index (χ3v) is 6.23. The van der Waals surface area contributed by atoms with Crippen LogP contribution in [0.1, 0.15) is 56.5 Å². The lowest BCUT2D eigenvalue weighted by Crippen LogP contribution is -2.40. The molecule has 8 heteroatoms. The summed E-state index contributed by atoms with van der Waals surface area (Å²) in [7, 11) is 0. The van der Waals surface area contributed by atoms with Crippen molar-refractivity contribution in [2.24, 2.45) is 0 Å². The summed E-state index contributed by atoms with van der Waals surface area (Å²) in [5, 5.41) is 3.40. The smallest absolute Gasteiger partial charge is 0.349 e. The number of nitrogens with one attached hydrogen (secondary N) is 1. The van der Waals surface area contributed by atoms with Crippen LogP contribution >= 0.6 is 11.6 Å². The first-order valence-corrected chi connectivity index (χ1v) is 13.5. The topological polar surface area (TPSA) is 73.9 Å². The molecule has 208 valence electrons. The number of carbonyl (C=O) groups is 2. The Kier molecular flexibility index (Phi) is 10.8. The molecule has 0 saturated heterocycles. The Bertz CT molecular complexity index is 1280. The zero-order chi connectivity index (χ0) is 28.4. The van der Waals surface area contributed by atoms with Gasteiger partial charge in [0.25, 0.3) is 5.91 Å². The first-order valence-electron chi connectivity index (χ1n) is 13.1. The average Bonchev–Trinajstić information content (AvgIpc) is 2.91. The molecular weight excluding hydrogens is 521 g/mol. The predicted molar refractivity (Wildman–Crippen MR) is 151 cm³/mol. The van der Waals surface area contributed by atoms with Gasteiger partial charge in [-0.3, -0.25) is 4.79 Å². The highest BCUT2D eigenvalue weighted by molar-refractivity contribution is 6.31. The fourth-order valence-corrected chi connectivity index (χ4v) is 3.97. The summed E-state index contributed by atoms with van der Waals surface area (Å²) >= 11 is 6.10. The van der Waals surface area contributed by atoms with Gasteiger partial charge in [0.2, 0.25) is 0 Å². The zero-order valence-corrected chi connectivity index (χ0v) is 23.6. The molecule has 0 fully saturated rings. The summed E-state index contributed by atoms with van der Waals surface area (Å²) in [4.78, 5) is 24.8. The van der Waals surface area contributed by atoms with Crippen LogP contribution in [0, 0.1) is 5.82 Å². The molecule has 0 saturated carbocycles. The molecule has 0 heterocycles. The van der Waals surface area contributed by atoms with Crippen molar-refractivity contribution >= 4 is 23.5 Å². The van der Waals surface area contributed by atoms with E-state index in [1.165, 1.54) is 26.0 Å². The first-order chi connectivity index (χ1) is 18.6. The van der Waals surface area contributed by atoms with Crippen molar-refractivity contribution in [1.29, 1.82) is 0 Å². The number of ether oxygens (including phenoxy) is 3. The van der Waals surface area contributed by atoms with Gasteiger partial charge in [-0.25, -0.2) is 9.18 Å². The maximum atomic E-state index is 14.8. The van der Waals surface area contributed by atoms with E-state index in [9.17, 15) is 14.0 Å². The van der Waals surface area contributed by atoms with Gasteiger partial charge < -0.3 is 19.5 Å². The van der Waals surface area contributed by atoms with E-state index >= 15 is 0 Å². The van der Waals surface area contributed by atoms with E-state index in [-0.39, 0.29) is 18.3 Å². The normalized spacial score (nSPS) is 11.1. The molecule has 0 radical (unpaired) electrons. The van der Waals surface area contributed by atoms with Crippen molar-refractivity contribution in [3.63, 3.8) is 0 Å². The van der Waals surface area contributed by atoms with Crippen molar-refractivity contribution in [3.05, 3.63) is 82.6 Å². The Balaban J connectivity index is 1.59. The maximum absolute atomic E-state index is 14.8. The van der Waals surface area contributed by atoms with Gasteiger partial charge in [0.05, 0.1) is 18.8 Å². The second-order valence-corrected chi connectivity index (χ2v) is 9.96. The second kappa shape index (κ2) is 14.0. The lowest BCUT2D eigenvalue weighted by atomic mass is 10.0. The van der Waals surface area contributed by atoms with Crippen molar-refractivity contribution in [2.75, 3.05) is 19.8 Å². The molecule has 6 nitrogen and oxygen atoms in total. The van der Waals surface area contributed by atoms with Gasteiger partial charge in [-0.2, -0.15) is 0 Å². The molecule has 0 aromatic heterocycles. The molecule has 3 aromatic carbocycles. The van der Waals surface area contributed by atoms with Crippen LogP contribution in [-0.2, 0) is 16.0 Å². The van der Waals surface area contributed by atoms with Crippen LogP contribution in [0.25, 0.3) is 11.1 Å². The highest BCUT2D eigenvalue weighted by Gasteiger charge is 2.32. The number of benzene rings is 3. The Hall–Kier alpha value is -3.58. The second-order valence-electron chi connectivity index (χ2n) is 9.52. The lowest BCUT2D eigenvalue weighted by molar-refractivity contribution is -0.158. The van der Waals surface area contributed by atoms with E-state index < -0.39 is 17.4 Å². The van der Waals surface area contributed by atoms with Gasteiger partial charge in [0, 0.05) is 11.6 Å². The van der Waals surface area contributed by atoms with Gasteiger partial charge in [-0.15, -0.1) is 0 Å². The van der Waals surface area contributed by atoms with E-state index in [0.29, 0.717) is 41.5 Å². The van der Waals surface area contributed by atoms with Crippen LogP contribution in [-0.4, -0.2) is 37.2 Å². The van der Waals surface area contributed by atoms with Crippen molar-refractivity contribution in [3.8, 4) is 22.6 Å². The van der Waals surface area contributed by atoms with Crippen LogP contribution in [0.15, 0.2) is 60.7 Å². The number of carbonyl (C=O) groups excluding carboxylic acids is 2. The van der Waals surface area contributed by atoms with E-state index in [4.69, 9.17) is 25.8 Å². The highest BCUT2D eigenvalue weighted by atomic mass is 35.5. The molecule has 0 atom stereocenters. The Morgan fingerprint density at radius 3 is 2.31 bits per heavy atom. The van der Waals surface area contributed by atoms with Crippen molar-refractivity contribution < 1.29 is 28.2 Å². The average molecular weight is 556 g/mol. The largest absolute Gasteiger partial charge is 0.493 e. The quantitative estimate of drug-likeness (QED) is 0.181. The number of halogens is 2. The number of unbranched alkanes of at least 4 members (excludes halogenated alkanes) is 1. The minimum absolute atomic E-state index is 0.0252. The molecule has 0 unspecified atom stereocenters. The van der Waals surface area contributed by atoms with Crippen LogP contribution in [0.2, 0.25) is 5.02 Å². The fourth-order valence-electron chi connectivity index (χ4n) is 3.80. The number of hydrogen-bond donors (Lipinski definition) is 1. The van der Waals surface area contributed by atoms with E-state index in [1.54, 1.807) is 31.2 Å². The zero-order valence-electron chi connectivity index (χ0n) is 22.8. The van der Waals surface area contributed by atoms with Crippen LogP contribution in [0.3, 0.4) is 0 Å². The summed E-state index contributed by atoms with van der Waals surface area (Å²) in [6, 6.07) is 17.3. The molecule has 1 N–H and O–H groups in total. The van der Waals surface area contributed by atoms with E-state index in [2.05, 4.69) is 12.2 Å². The van der Waals surface area contributed by atoms with Crippen LogP contribution < -0.4 is 14.8 Å². The first kappa shape index (κ1) is 30.0. The van der Waals surface area contributed by atoms with Crippen LogP contribution in [0.5, 0.6) is 11.5 Å². The fraction of sp³-hybridized carbons (Fsp3) is 0.355. The SMILES string of the molecule is CCCCOc1ccc(Cl)cc1C(=O)NCCc1ccc(-c2ccc(OC(C)(C)C(=O)OCC)c(F)c2)cc1. The van der Waals surface area contributed by atoms with Gasteiger partial charge in [0.1, 0.15) is 5.75 Å². The van der Waals surface area contributed by atoms with E-state index in [1.807, 2.05) is 24.3 Å². The van der Waals surface area contributed by atoms with Crippen molar-refractivity contribution in [1.82, 2.24) is 5.32 Å². The van der Waals surface area contributed by atoms with Gasteiger partial charge in [-0.05, 0) is 80.6 Å². The molecular formula is C31H35ClFNO5. The summed E-state index contributed by atoms with van der Waals surface area (Å²) in [6.45, 7) is 8.03. The van der Waals surface area contributed by atoms with Gasteiger partial charge in [0.15, 0.2) is 17.2 Å². The molecule has 0 spiro atoms. The number of amides is 1. The van der Waals surface area contributed by atoms with Crippen molar-refractivity contribution in [2.45, 2.75) is 52.6 Å². The molecule has 3 aromatic rings. The highest BCUT2D eigenvalue weighted by Crippen LogP contribution is 2.29. The molecule has 39 heavy (non-hydrogen) atoms. The minimum atomic E-state index is -1.31. The summed E-state index contributed by atoms with van der Waals surface area (Å²) in [5.74, 6) is -0.889. The Labute approximate surface area is 234 Å². The predicted octanol–water partition coefficient (Wildman–Crippen LogP) is 7.02. The molecule has 3 rings (SSSR count). The number of esters is 1. The molecule has 1 amide bonds. The number of rotatable bonds is 13. The lowest BCUT2D eigenvalue weighted by Gasteiger charge is -2.24. The number of hydrogen-bond acceptors (Lipinski definition) is 5. The van der Waals surface area contributed by atoms with E-state index in [0.717, 1.165) is 24.0 Å². The molecule has 0 aliphatic rings. The third kappa shape index (κ3) is 8.45. The van der Waals surface area contributed by atoms with Gasteiger partial charge >= 0.3 is 5.97 Å². The maximum Gasteiger partial charge on any atom is 0.349 e. The third-order valence-electron chi connectivity index (χ3n) is 5.99. The summed E-state index contributed by atoms with van der Waals surface area (Å²) < 4.78 is 31.1. The Morgan fingerprint density at radius 1 is 0.949 bits per heavy atom. The monoisotopic (exact) mass is 555 g/mol. The molecule has 0 aliphatic carbocycles. The Morgan fingerprint density at radius 2 is 1.64 bits per heavy atom. The molecule has 0 bridgehead atoms. The molecule has 0 aliphatic heterocycles.